The summed E-state index contributed by atoms with van der Waals surface area (Å²) in [5.41, 5.74) is 8.64. The van der Waals surface area contributed by atoms with E-state index in [1.54, 1.807) is 29.2 Å². The summed E-state index contributed by atoms with van der Waals surface area (Å²) in [5.74, 6) is 1.07. The molecular weight excluding hydrogens is 318 g/mol. The first-order chi connectivity index (χ1) is 12.2. The van der Waals surface area contributed by atoms with Gasteiger partial charge in [-0.25, -0.2) is 9.97 Å². The third kappa shape index (κ3) is 2.97. The van der Waals surface area contributed by atoms with Crippen LogP contribution in [0.25, 0.3) is 17.0 Å². The third-order valence-electron chi connectivity index (χ3n) is 4.26. The summed E-state index contributed by atoms with van der Waals surface area (Å²) >= 11 is 0. The number of imidazole rings is 1. The van der Waals surface area contributed by atoms with Gasteiger partial charge in [-0.2, -0.15) is 10.2 Å². The van der Waals surface area contributed by atoms with Crippen molar-refractivity contribution in [3.63, 3.8) is 0 Å². The predicted molar refractivity (Wildman–Crippen MR) is 93.3 cm³/mol. The first kappa shape index (κ1) is 15.4. The van der Waals surface area contributed by atoms with Gasteiger partial charge in [0.15, 0.2) is 5.82 Å². The fraction of sp³-hybridized carbons (Fsp3) is 0.294. The van der Waals surface area contributed by atoms with E-state index in [0.29, 0.717) is 23.0 Å². The highest BCUT2D eigenvalue weighted by Crippen LogP contribution is 2.22. The van der Waals surface area contributed by atoms with Gasteiger partial charge in [0.25, 0.3) is 0 Å². The summed E-state index contributed by atoms with van der Waals surface area (Å²) < 4.78 is 7.13. The number of aromatic nitrogens is 4. The van der Waals surface area contributed by atoms with E-state index in [0.717, 1.165) is 37.1 Å². The van der Waals surface area contributed by atoms with E-state index in [2.05, 4.69) is 26.3 Å². The van der Waals surface area contributed by atoms with Crippen LogP contribution in [0.2, 0.25) is 0 Å². The molecule has 8 heteroatoms. The monoisotopic (exact) mass is 335 g/mol. The van der Waals surface area contributed by atoms with Crippen molar-refractivity contribution in [3.05, 3.63) is 36.3 Å². The van der Waals surface area contributed by atoms with Gasteiger partial charge in [-0.1, -0.05) is 0 Å². The molecule has 3 N–H and O–H groups in total. The minimum absolute atomic E-state index is 0.281. The van der Waals surface area contributed by atoms with Crippen LogP contribution >= 0.6 is 0 Å². The molecule has 1 saturated heterocycles. The van der Waals surface area contributed by atoms with E-state index in [1.807, 2.05) is 6.07 Å². The Morgan fingerprint density at radius 3 is 2.92 bits per heavy atom. The molecule has 2 aromatic heterocycles. The molecule has 0 saturated carbocycles. The smallest absolute Gasteiger partial charge is 0.237 e. The Labute approximate surface area is 144 Å². The van der Waals surface area contributed by atoms with E-state index in [9.17, 15) is 0 Å². The molecule has 1 aliphatic rings. The maximum Gasteiger partial charge on any atom is 0.237 e. The second-order valence-corrected chi connectivity index (χ2v) is 5.93. The third-order valence-corrected chi connectivity index (χ3v) is 4.26. The summed E-state index contributed by atoms with van der Waals surface area (Å²) in [7, 11) is 0. The van der Waals surface area contributed by atoms with Gasteiger partial charge in [0.1, 0.15) is 6.33 Å². The average Bonchev–Trinajstić information content (AvgIpc) is 3.07. The lowest BCUT2D eigenvalue weighted by molar-refractivity contribution is 0.0904. The number of nitriles is 1. The number of rotatable bonds is 3. The molecule has 0 bridgehead atoms. The van der Waals surface area contributed by atoms with Crippen LogP contribution < -0.4 is 11.1 Å². The van der Waals surface area contributed by atoms with Crippen molar-refractivity contribution in [2.45, 2.75) is 18.9 Å². The molecule has 4 rings (SSSR count). The Kier molecular flexibility index (Phi) is 3.91. The molecule has 3 aromatic rings. The van der Waals surface area contributed by atoms with Crippen molar-refractivity contribution in [3.8, 4) is 12.0 Å². The largest absolute Gasteiger partial charge is 0.394 e. The average molecular weight is 335 g/mol. The highest BCUT2D eigenvalue weighted by molar-refractivity contribution is 5.78. The molecule has 0 unspecified atom stereocenters. The van der Waals surface area contributed by atoms with Crippen molar-refractivity contribution >= 4 is 22.5 Å². The highest BCUT2D eigenvalue weighted by atomic mass is 16.5. The van der Waals surface area contributed by atoms with Crippen molar-refractivity contribution in [2.75, 3.05) is 24.3 Å². The normalized spacial score (nSPS) is 15.2. The van der Waals surface area contributed by atoms with Crippen molar-refractivity contribution in [1.82, 2.24) is 19.5 Å². The van der Waals surface area contributed by atoms with Crippen molar-refractivity contribution in [1.29, 1.82) is 5.26 Å². The molecule has 0 amide bonds. The van der Waals surface area contributed by atoms with E-state index >= 15 is 0 Å². The first-order valence-electron chi connectivity index (χ1n) is 8.09. The van der Waals surface area contributed by atoms with Gasteiger partial charge in [-0.3, -0.25) is 4.57 Å². The Hall–Kier alpha value is -3.18. The number of fused-ring (bicyclic) bond motifs is 1. The molecule has 126 valence electrons. The topological polar surface area (TPSA) is 115 Å². The second kappa shape index (κ2) is 6.37. The standard InChI is InChI=1S/C17H17N7O/c18-8-11-1-2-14-15(7-11)24(10-21-14)17-20-9-13(19)16(23-17)22-12-3-5-25-6-4-12/h1-2,7,9-10,12H,3-6,19H2,(H,20,22,23). The summed E-state index contributed by atoms with van der Waals surface area (Å²) in [4.78, 5) is 13.2. The van der Waals surface area contributed by atoms with Crippen LogP contribution in [-0.4, -0.2) is 38.8 Å². The number of hydrogen-bond donors (Lipinski definition) is 2. The number of nitrogen functional groups attached to an aromatic ring is 1. The molecule has 8 nitrogen and oxygen atoms in total. The Bertz CT molecular complexity index is 953. The second-order valence-electron chi connectivity index (χ2n) is 5.93. The fourth-order valence-electron chi connectivity index (χ4n) is 2.89. The molecule has 3 heterocycles. The van der Waals surface area contributed by atoms with Gasteiger partial charge in [0, 0.05) is 19.3 Å². The zero-order valence-corrected chi connectivity index (χ0v) is 13.5. The number of nitrogens with two attached hydrogens (primary N) is 1. The molecule has 1 fully saturated rings. The van der Waals surface area contributed by atoms with E-state index in [4.69, 9.17) is 15.7 Å². The van der Waals surface area contributed by atoms with E-state index in [-0.39, 0.29) is 6.04 Å². The van der Waals surface area contributed by atoms with Gasteiger partial charge in [-0.15, -0.1) is 0 Å². The quantitative estimate of drug-likeness (QED) is 0.750. The molecule has 0 aliphatic carbocycles. The minimum atomic E-state index is 0.281. The molecule has 0 spiro atoms. The van der Waals surface area contributed by atoms with Crippen LogP contribution in [0.5, 0.6) is 0 Å². The Morgan fingerprint density at radius 2 is 2.12 bits per heavy atom. The highest BCUT2D eigenvalue weighted by Gasteiger charge is 2.17. The van der Waals surface area contributed by atoms with Crippen LogP contribution in [0, 0.1) is 11.3 Å². The predicted octanol–water partition coefficient (Wildman–Crippen LogP) is 1.86. The van der Waals surface area contributed by atoms with Crippen LogP contribution in [0.15, 0.2) is 30.7 Å². The lowest BCUT2D eigenvalue weighted by atomic mass is 10.1. The molecule has 1 aliphatic heterocycles. The summed E-state index contributed by atoms with van der Waals surface area (Å²) in [6.45, 7) is 1.47. The molecular formula is C17H17N7O. The van der Waals surface area contributed by atoms with Gasteiger partial charge in [0.2, 0.25) is 5.95 Å². The number of nitrogens with one attached hydrogen (secondary N) is 1. The maximum atomic E-state index is 9.11. The summed E-state index contributed by atoms with van der Waals surface area (Å²) in [5, 5.41) is 12.5. The molecule has 1 aromatic carbocycles. The van der Waals surface area contributed by atoms with Gasteiger partial charge >= 0.3 is 0 Å². The van der Waals surface area contributed by atoms with Gasteiger partial charge in [0.05, 0.1) is 34.6 Å². The van der Waals surface area contributed by atoms with Crippen molar-refractivity contribution < 1.29 is 4.74 Å². The van der Waals surface area contributed by atoms with Gasteiger partial charge in [-0.05, 0) is 31.0 Å². The molecule has 0 radical (unpaired) electrons. The molecule has 0 atom stereocenters. The maximum absolute atomic E-state index is 9.11. The number of benzene rings is 1. The number of hydrogen-bond acceptors (Lipinski definition) is 7. The zero-order chi connectivity index (χ0) is 17.2. The fourth-order valence-corrected chi connectivity index (χ4v) is 2.89. The SMILES string of the molecule is N#Cc1ccc2ncn(-c3ncc(N)c(NC4CCOCC4)n3)c2c1. The summed E-state index contributed by atoms with van der Waals surface area (Å²) in [6, 6.07) is 7.73. The number of anilines is 2. The zero-order valence-electron chi connectivity index (χ0n) is 13.5. The number of ether oxygens (including phenoxy) is 1. The van der Waals surface area contributed by atoms with E-state index < -0.39 is 0 Å². The van der Waals surface area contributed by atoms with E-state index in [1.165, 1.54) is 0 Å². The lowest BCUT2D eigenvalue weighted by Crippen LogP contribution is -2.28. The van der Waals surface area contributed by atoms with Crippen LogP contribution in [-0.2, 0) is 4.74 Å². The summed E-state index contributed by atoms with van der Waals surface area (Å²) in [6.07, 6.45) is 5.07. The van der Waals surface area contributed by atoms with Crippen LogP contribution in [0.1, 0.15) is 18.4 Å². The van der Waals surface area contributed by atoms with Gasteiger partial charge < -0.3 is 15.8 Å². The Morgan fingerprint density at radius 1 is 1.28 bits per heavy atom. The van der Waals surface area contributed by atoms with Crippen LogP contribution in [0.4, 0.5) is 11.5 Å². The minimum Gasteiger partial charge on any atom is -0.394 e. The van der Waals surface area contributed by atoms with Crippen molar-refractivity contribution in [2.24, 2.45) is 0 Å². The molecule has 25 heavy (non-hydrogen) atoms. The first-order valence-corrected chi connectivity index (χ1v) is 8.09. The Balaban J connectivity index is 1.71. The lowest BCUT2D eigenvalue weighted by Gasteiger charge is -2.24. The number of nitrogens with zero attached hydrogens (tertiary/aromatic N) is 5. The van der Waals surface area contributed by atoms with Crippen LogP contribution in [0.3, 0.4) is 0 Å².